The van der Waals surface area contributed by atoms with E-state index in [2.05, 4.69) is 36.4 Å². The summed E-state index contributed by atoms with van der Waals surface area (Å²) in [5.74, 6) is 1.08. The van der Waals surface area contributed by atoms with E-state index in [1.807, 2.05) is 13.8 Å². The summed E-state index contributed by atoms with van der Waals surface area (Å²) in [6.07, 6.45) is 5.84. The Balaban J connectivity index is 0.00000450. The second-order valence-corrected chi connectivity index (χ2v) is 11.0. The van der Waals surface area contributed by atoms with Crippen molar-refractivity contribution in [2.24, 2.45) is 10.4 Å². The molecular weight excluding hydrogens is 515 g/mol. The molecule has 2 N–H and O–H groups in total. The smallest absolute Gasteiger partial charge is 0.214 e. The highest BCUT2D eigenvalue weighted by atomic mass is 127. The molecule has 1 aliphatic heterocycles. The quantitative estimate of drug-likeness (QED) is 0.186. The van der Waals surface area contributed by atoms with Crippen molar-refractivity contribution in [2.75, 3.05) is 32.0 Å². The highest BCUT2D eigenvalue weighted by molar-refractivity contribution is 14.0. The van der Waals surface area contributed by atoms with Crippen LogP contribution in [0.5, 0.6) is 0 Å². The van der Waals surface area contributed by atoms with E-state index in [0.717, 1.165) is 44.7 Å². The topological polar surface area (TPSA) is 83.0 Å². The largest absolute Gasteiger partial charge is 0.378 e. The molecule has 30 heavy (non-hydrogen) atoms. The number of guanidine groups is 1. The van der Waals surface area contributed by atoms with Crippen LogP contribution in [0.4, 0.5) is 0 Å². The Kier molecular flexibility index (Phi) is 11.9. The van der Waals surface area contributed by atoms with Gasteiger partial charge < -0.3 is 15.4 Å². The van der Waals surface area contributed by atoms with Crippen LogP contribution in [0.1, 0.15) is 73.1 Å². The number of nitrogens with one attached hydrogen (secondary N) is 2. The van der Waals surface area contributed by atoms with Crippen LogP contribution >= 0.6 is 24.0 Å². The second kappa shape index (κ2) is 12.8. The number of ether oxygens (including phenoxy) is 1. The molecule has 0 amide bonds. The van der Waals surface area contributed by atoms with Gasteiger partial charge in [-0.2, -0.15) is 0 Å². The van der Waals surface area contributed by atoms with Gasteiger partial charge in [0.1, 0.15) is 0 Å². The Morgan fingerprint density at radius 3 is 2.33 bits per heavy atom. The van der Waals surface area contributed by atoms with E-state index in [0.29, 0.717) is 38.2 Å². The molecule has 1 heterocycles. The molecule has 1 saturated heterocycles. The fourth-order valence-electron chi connectivity index (χ4n) is 4.10. The summed E-state index contributed by atoms with van der Waals surface area (Å²) in [6.45, 7) is 13.4. The van der Waals surface area contributed by atoms with Crippen LogP contribution in [0, 0.1) is 5.41 Å². The number of halogens is 1. The third kappa shape index (κ3) is 7.48. The average molecular weight is 559 g/mol. The maximum absolute atomic E-state index is 12.3. The van der Waals surface area contributed by atoms with Gasteiger partial charge in [0, 0.05) is 43.7 Å². The second-order valence-electron chi connectivity index (χ2n) is 8.92. The first kappa shape index (κ1) is 27.9. The number of aliphatic imine (C=N–C) groups is 1. The van der Waals surface area contributed by atoms with E-state index in [4.69, 9.17) is 4.74 Å². The van der Waals surface area contributed by atoms with E-state index in [1.165, 1.54) is 0 Å². The van der Waals surface area contributed by atoms with Crippen molar-refractivity contribution >= 4 is 40.0 Å². The lowest BCUT2D eigenvalue weighted by Gasteiger charge is -2.52. The van der Waals surface area contributed by atoms with Gasteiger partial charge in [0.05, 0.1) is 11.9 Å². The molecule has 0 aromatic rings. The van der Waals surface area contributed by atoms with Crippen LogP contribution < -0.4 is 10.6 Å². The summed E-state index contributed by atoms with van der Waals surface area (Å²) in [5, 5.41) is 7.14. The molecule has 1 saturated carbocycles. The van der Waals surface area contributed by atoms with Gasteiger partial charge in [0.15, 0.2) is 5.96 Å². The van der Waals surface area contributed by atoms with Crippen molar-refractivity contribution in [2.45, 2.75) is 91.3 Å². The normalized spacial score (nSPS) is 25.3. The lowest BCUT2D eigenvalue weighted by Crippen LogP contribution is -2.64. The van der Waals surface area contributed by atoms with Crippen LogP contribution in [0.3, 0.4) is 0 Å². The number of hydrogen-bond acceptors (Lipinski definition) is 4. The van der Waals surface area contributed by atoms with Crippen molar-refractivity contribution in [3.63, 3.8) is 0 Å². The minimum Gasteiger partial charge on any atom is -0.378 e. The van der Waals surface area contributed by atoms with E-state index in [9.17, 15) is 8.42 Å². The Bertz CT molecular complexity index is 634. The maximum atomic E-state index is 12.3. The van der Waals surface area contributed by atoms with Gasteiger partial charge in [-0.25, -0.2) is 12.7 Å². The monoisotopic (exact) mass is 558 g/mol. The van der Waals surface area contributed by atoms with Crippen molar-refractivity contribution in [1.29, 1.82) is 0 Å². The molecule has 9 heteroatoms. The summed E-state index contributed by atoms with van der Waals surface area (Å²) >= 11 is 0. The van der Waals surface area contributed by atoms with Gasteiger partial charge in [0.2, 0.25) is 10.0 Å². The summed E-state index contributed by atoms with van der Waals surface area (Å²) in [6, 6.07) is 0.581. The van der Waals surface area contributed by atoms with Crippen molar-refractivity contribution < 1.29 is 13.2 Å². The maximum Gasteiger partial charge on any atom is 0.214 e. The Morgan fingerprint density at radius 2 is 1.80 bits per heavy atom. The van der Waals surface area contributed by atoms with Gasteiger partial charge in [-0.05, 0) is 39.0 Å². The van der Waals surface area contributed by atoms with Gasteiger partial charge in [-0.15, -0.1) is 24.0 Å². The minimum atomic E-state index is -3.09. The van der Waals surface area contributed by atoms with Crippen LogP contribution in [-0.4, -0.2) is 68.9 Å². The Morgan fingerprint density at radius 1 is 1.13 bits per heavy atom. The van der Waals surface area contributed by atoms with E-state index in [1.54, 1.807) is 4.31 Å². The zero-order chi connectivity index (χ0) is 21.5. The standard InChI is InChI=1S/C21H42N4O3S.HI/c1-6-9-14-28-19-16-18(21(19,4)5)24-20(22-8-3)23-17-10-12-25(13-11-17)29(26,27)15-7-2;/h17-19H,6-16H2,1-5H3,(H2,22,23,24);1H. The first-order chi connectivity index (χ1) is 13.7. The van der Waals surface area contributed by atoms with E-state index >= 15 is 0 Å². The molecule has 7 nitrogen and oxygen atoms in total. The molecule has 2 fully saturated rings. The summed E-state index contributed by atoms with van der Waals surface area (Å²) in [5.41, 5.74) is 0.0710. The van der Waals surface area contributed by atoms with Gasteiger partial charge >= 0.3 is 0 Å². The first-order valence-electron chi connectivity index (χ1n) is 11.4. The summed E-state index contributed by atoms with van der Waals surface area (Å²) in [4.78, 5) is 4.63. The molecule has 0 aromatic carbocycles. The van der Waals surface area contributed by atoms with Crippen LogP contribution in [0.2, 0.25) is 0 Å². The minimum absolute atomic E-state index is 0. The number of hydrogen-bond donors (Lipinski definition) is 2. The molecule has 2 aliphatic rings. The molecule has 0 spiro atoms. The third-order valence-corrected chi connectivity index (χ3v) is 8.35. The highest BCUT2D eigenvalue weighted by Crippen LogP contribution is 2.42. The van der Waals surface area contributed by atoms with E-state index in [-0.39, 0.29) is 41.2 Å². The number of nitrogens with zero attached hydrogens (tertiary/aromatic N) is 2. The fourth-order valence-corrected chi connectivity index (χ4v) is 5.64. The van der Waals surface area contributed by atoms with Crippen LogP contribution in [-0.2, 0) is 14.8 Å². The lowest BCUT2D eigenvalue weighted by atomic mass is 9.64. The molecule has 0 radical (unpaired) electrons. The zero-order valence-electron chi connectivity index (χ0n) is 19.4. The van der Waals surface area contributed by atoms with Crippen molar-refractivity contribution in [3.05, 3.63) is 0 Å². The average Bonchev–Trinajstić information content (AvgIpc) is 2.67. The molecule has 2 unspecified atom stereocenters. The molecule has 2 atom stereocenters. The Labute approximate surface area is 201 Å². The molecule has 1 aliphatic carbocycles. The number of rotatable bonds is 10. The molecule has 0 aromatic heterocycles. The van der Waals surface area contributed by atoms with Crippen LogP contribution in [0.15, 0.2) is 4.99 Å². The number of sulfonamides is 1. The predicted octanol–water partition coefficient (Wildman–Crippen LogP) is 3.35. The number of unbranched alkanes of at least 4 members (excludes halogenated alkanes) is 1. The molecule has 2 rings (SSSR count). The first-order valence-corrected chi connectivity index (χ1v) is 13.0. The van der Waals surface area contributed by atoms with E-state index < -0.39 is 10.0 Å². The van der Waals surface area contributed by atoms with Gasteiger partial charge in [0.25, 0.3) is 0 Å². The van der Waals surface area contributed by atoms with Gasteiger partial charge in [-0.1, -0.05) is 34.1 Å². The van der Waals surface area contributed by atoms with Crippen molar-refractivity contribution in [3.8, 4) is 0 Å². The van der Waals surface area contributed by atoms with Gasteiger partial charge in [-0.3, -0.25) is 4.99 Å². The lowest BCUT2D eigenvalue weighted by molar-refractivity contribution is -0.113. The molecule has 178 valence electrons. The zero-order valence-corrected chi connectivity index (χ0v) is 22.6. The number of piperidine rings is 1. The third-order valence-electron chi connectivity index (χ3n) is 6.27. The highest BCUT2D eigenvalue weighted by Gasteiger charge is 2.49. The Hall–Kier alpha value is -0.130. The van der Waals surface area contributed by atoms with Crippen molar-refractivity contribution in [1.82, 2.24) is 14.9 Å². The fraction of sp³-hybridized carbons (Fsp3) is 0.952. The van der Waals surface area contributed by atoms with Crippen LogP contribution in [0.25, 0.3) is 0 Å². The SMILES string of the molecule is CCCCOC1CC(NC(=NCC)NC2CCN(S(=O)(=O)CCC)CC2)C1(C)C.I. The molecule has 0 bridgehead atoms. The summed E-state index contributed by atoms with van der Waals surface area (Å²) in [7, 11) is -3.09. The predicted molar refractivity (Wildman–Crippen MR) is 135 cm³/mol. The summed E-state index contributed by atoms with van der Waals surface area (Å²) < 4.78 is 32.2. The molecular formula is C21H43IN4O3S.